The summed E-state index contributed by atoms with van der Waals surface area (Å²) in [5.74, 6) is 0. The Hall–Kier alpha value is -1.57. The van der Waals surface area contributed by atoms with E-state index in [1.165, 1.54) is 24.0 Å². The Morgan fingerprint density at radius 2 is 2.11 bits per heavy atom. The van der Waals surface area contributed by atoms with Gasteiger partial charge in [0, 0.05) is 17.6 Å². The molecule has 2 aromatic rings. The smallest absolute Gasteiger partial charge is 0.283 e. The fourth-order valence-corrected chi connectivity index (χ4v) is 1.82. The summed E-state index contributed by atoms with van der Waals surface area (Å²) in [5, 5.41) is 0.723. The Labute approximate surface area is 104 Å². The Balaban J connectivity index is 2.68. The van der Waals surface area contributed by atoms with Crippen LogP contribution >= 0.6 is 11.8 Å². The van der Waals surface area contributed by atoms with Gasteiger partial charge in [-0.1, -0.05) is 11.8 Å². The van der Waals surface area contributed by atoms with E-state index < -0.39 is 18.3 Å². The number of fused-ring (bicyclic) bond motifs is 1. The van der Waals surface area contributed by atoms with Crippen LogP contribution in [0.4, 0.5) is 13.2 Å². The molecule has 0 amide bonds. The number of nitrogens with zero attached hydrogens (tertiary/aromatic N) is 3. The van der Waals surface area contributed by atoms with E-state index in [0.29, 0.717) is 15.1 Å². The first-order valence-corrected chi connectivity index (χ1v) is 6.10. The van der Waals surface area contributed by atoms with Gasteiger partial charge in [-0.15, -0.1) is 0 Å². The Morgan fingerprint density at radius 3 is 2.72 bits per heavy atom. The first kappa shape index (κ1) is 12.9. The van der Waals surface area contributed by atoms with E-state index in [4.69, 9.17) is 0 Å². The molecule has 0 fully saturated rings. The van der Waals surface area contributed by atoms with Crippen LogP contribution in [0.25, 0.3) is 11.0 Å². The van der Waals surface area contributed by atoms with Gasteiger partial charge in [0.25, 0.3) is 5.56 Å². The maximum atomic E-state index is 12.4. The van der Waals surface area contributed by atoms with E-state index >= 15 is 0 Å². The first-order chi connectivity index (χ1) is 8.40. The van der Waals surface area contributed by atoms with Crippen LogP contribution in [-0.2, 0) is 6.54 Å². The van der Waals surface area contributed by atoms with Crippen molar-refractivity contribution in [2.24, 2.45) is 0 Å². The lowest BCUT2D eigenvalue weighted by Crippen LogP contribution is -2.28. The fraction of sp³-hybridized carbons (Fsp3) is 0.300. The second kappa shape index (κ2) is 4.60. The molecule has 0 unspecified atom stereocenters. The van der Waals surface area contributed by atoms with E-state index in [0.717, 1.165) is 6.07 Å². The largest absolute Gasteiger partial charge is 0.406 e. The third-order valence-electron chi connectivity index (χ3n) is 2.22. The number of rotatable bonds is 2. The molecule has 0 aliphatic heterocycles. The monoisotopic (exact) mass is 275 g/mol. The van der Waals surface area contributed by atoms with E-state index in [1.54, 1.807) is 6.26 Å². The van der Waals surface area contributed by atoms with Crippen LogP contribution < -0.4 is 5.56 Å². The topological polar surface area (TPSA) is 47.8 Å². The molecular formula is C10H8F3N3OS. The molecule has 2 aromatic heterocycles. The molecule has 0 bridgehead atoms. The van der Waals surface area contributed by atoms with Gasteiger partial charge in [0.1, 0.15) is 12.2 Å². The third kappa shape index (κ3) is 2.63. The lowest BCUT2D eigenvalue weighted by atomic mass is 10.3. The van der Waals surface area contributed by atoms with Gasteiger partial charge >= 0.3 is 6.18 Å². The number of aromatic nitrogens is 3. The third-order valence-corrected chi connectivity index (χ3v) is 2.78. The first-order valence-electron chi connectivity index (χ1n) is 4.88. The van der Waals surface area contributed by atoms with Crippen molar-refractivity contribution < 1.29 is 13.2 Å². The molecule has 2 heterocycles. The number of thioether (sulfide) groups is 1. The van der Waals surface area contributed by atoms with Gasteiger partial charge in [-0.3, -0.25) is 9.36 Å². The van der Waals surface area contributed by atoms with Gasteiger partial charge < -0.3 is 0 Å². The maximum Gasteiger partial charge on any atom is 0.406 e. The molecule has 0 spiro atoms. The molecule has 0 N–H and O–H groups in total. The van der Waals surface area contributed by atoms with Gasteiger partial charge in [0.2, 0.25) is 0 Å². The molecule has 0 atom stereocenters. The minimum atomic E-state index is -4.47. The molecule has 4 nitrogen and oxygen atoms in total. The fourth-order valence-electron chi connectivity index (χ4n) is 1.49. The van der Waals surface area contributed by atoms with E-state index in [9.17, 15) is 18.0 Å². The molecule has 8 heteroatoms. The molecule has 0 aromatic carbocycles. The molecule has 0 saturated heterocycles. The summed E-state index contributed by atoms with van der Waals surface area (Å²) in [7, 11) is 0. The van der Waals surface area contributed by atoms with Crippen LogP contribution in [0.1, 0.15) is 0 Å². The van der Waals surface area contributed by atoms with Crippen molar-refractivity contribution in [3.63, 3.8) is 0 Å². The van der Waals surface area contributed by atoms with E-state index in [-0.39, 0.29) is 5.65 Å². The van der Waals surface area contributed by atoms with Crippen molar-refractivity contribution in [3.8, 4) is 0 Å². The molecular weight excluding hydrogens is 267 g/mol. The quantitative estimate of drug-likeness (QED) is 0.622. The summed E-state index contributed by atoms with van der Waals surface area (Å²) in [6.45, 7) is -1.35. The summed E-state index contributed by atoms with van der Waals surface area (Å²) in [6.07, 6.45) is -1.36. The Kier molecular flexibility index (Phi) is 3.29. The lowest BCUT2D eigenvalue weighted by Gasteiger charge is -2.11. The van der Waals surface area contributed by atoms with Crippen molar-refractivity contribution in [1.82, 2.24) is 14.5 Å². The highest BCUT2D eigenvalue weighted by Crippen LogP contribution is 2.20. The number of halogens is 3. The number of hydrogen-bond donors (Lipinski definition) is 0. The van der Waals surface area contributed by atoms with E-state index in [1.807, 2.05) is 0 Å². The summed E-state index contributed by atoms with van der Waals surface area (Å²) in [5.41, 5.74) is -0.732. The van der Waals surface area contributed by atoms with Crippen molar-refractivity contribution in [2.75, 3.05) is 6.26 Å². The van der Waals surface area contributed by atoms with Crippen molar-refractivity contribution >= 4 is 22.8 Å². The van der Waals surface area contributed by atoms with Crippen molar-refractivity contribution in [1.29, 1.82) is 0 Å². The molecule has 18 heavy (non-hydrogen) atoms. The zero-order valence-electron chi connectivity index (χ0n) is 9.23. The maximum absolute atomic E-state index is 12.4. The van der Waals surface area contributed by atoms with Gasteiger partial charge in [0.15, 0.2) is 5.16 Å². The summed E-state index contributed by atoms with van der Waals surface area (Å²) in [6, 6.07) is 2.49. The van der Waals surface area contributed by atoms with Gasteiger partial charge in [0.05, 0.1) is 0 Å². The van der Waals surface area contributed by atoms with Crippen LogP contribution in [0.2, 0.25) is 0 Å². The second-order valence-corrected chi connectivity index (χ2v) is 4.28. The molecule has 96 valence electrons. The molecule has 0 saturated carbocycles. The highest BCUT2D eigenvalue weighted by atomic mass is 32.2. The number of pyridine rings is 1. The predicted molar refractivity (Wildman–Crippen MR) is 61.6 cm³/mol. The van der Waals surface area contributed by atoms with Gasteiger partial charge in [-0.2, -0.15) is 13.2 Å². The molecule has 0 aliphatic rings. The average Bonchev–Trinajstić information content (AvgIpc) is 2.31. The van der Waals surface area contributed by atoms with E-state index in [2.05, 4.69) is 9.97 Å². The summed E-state index contributed by atoms with van der Waals surface area (Å²) >= 11 is 1.20. The number of hydrogen-bond acceptors (Lipinski definition) is 4. The van der Waals surface area contributed by atoms with Crippen molar-refractivity contribution in [2.45, 2.75) is 17.9 Å². The Bertz CT molecular complexity index is 638. The van der Waals surface area contributed by atoms with Crippen LogP contribution in [-0.4, -0.2) is 27.0 Å². The Morgan fingerprint density at radius 1 is 1.39 bits per heavy atom. The lowest BCUT2D eigenvalue weighted by molar-refractivity contribution is -0.140. The zero-order chi connectivity index (χ0) is 13.3. The van der Waals surface area contributed by atoms with Gasteiger partial charge in [-0.25, -0.2) is 9.97 Å². The standard InChI is InChI=1S/C10H8F3N3OS/c1-18-9-14-4-6-2-3-7(17)16(8(6)15-9)5-10(11,12)13/h2-4H,5H2,1H3. The molecule has 0 radical (unpaired) electrons. The van der Waals surface area contributed by atoms with Crippen LogP contribution in [0.3, 0.4) is 0 Å². The van der Waals surface area contributed by atoms with Crippen LogP contribution in [0.15, 0.2) is 28.3 Å². The predicted octanol–water partition coefficient (Wildman–Crippen LogP) is 2.08. The van der Waals surface area contributed by atoms with Gasteiger partial charge in [-0.05, 0) is 12.3 Å². The summed E-state index contributed by atoms with van der Waals surface area (Å²) < 4.78 is 37.9. The number of alkyl halides is 3. The zero-order valence-corrected chi connectivity index (χ0v) is 10.0. The molecule has 0 aliphatic carbocycles. The summed E-state index contributed by atoms with van der Waals surface area (Å²) in [4.78, 5) is 19.4. The highest BCUT2D eigenvalue weighted by molar-refractivity contribution is 7.98. The minimum absolute atomic E-state index is 0.000764. The SMILES string of the molecule is CSc1ncc2ccc(=O)n(CC(F)(F)F)c2n1. The normalized spacial score (nSPS) is 12.0. The van der Waals surface area contributed by atoms with Crippen molar-refractivity contribution in [3.05, 3.63) is 28.7 Å². The van der Waals surface area contributed by atoms with Crippen LogP contribution in [0.5, 0.6) is 0 Å². The average molecular weight is 275 g/mol. The second-order valence-electron chi connectivity index (χ2n) is 3.51. The molecule has 2 rings (SSSR count). The minimum Gasteiger partial charge on any atom is -0.283 e. The highest BCUT2D eigenvalue weighted by Gasteiger charge is 2.29. The van der Waals surface area contributed by atoms with Crippen LogP contribution in [0, 0.1) is 0 Å².